The van der Waals surface area contributed by atoms with E-state index in [0.717, 1.165) is 27.6 Å². The quantitative estimate of drug-likeness (QED) is 0.540. The van der Waals surface area contributed by atoms with Gasteiger partial charge in [0.1, 0.15) is 0 Å². The van der Waals surface area contributed by atoms with E-state index in [0.29, 0.717) is 37.6 Å². The summed E-state index contributed by atoms with van der Waals surface area (Å²) in [5, 5.41) is 2.73. The Morgan fingerprint density at radius 1 is 1.08 bits per heavy atom. The summed E-state index contributed by atoms with van der Waals surface area (Å²) in [4.78, 5) is 35.5. The Kier molecular flexibility index (Phi) is 7.25. The first-order valence-electron chi connectivity index (χ1n) is 12.2. The molecule has 0 saturated carbocycles. The molecule has 1 unspecified atom stereocenters. The number of hydrogen-bond acceptors (Lipinski definition) is 7. The van der Waals surface area contributed by atoms with Crippen molar-refractivity contribution < 1.29 is 19.1 Å². The van der Waals surface area contributed by atoms with Crippen LogP contribution in [0.4, 0.5) is 0 Å². The third-order valence-electron chi connectivity index (χ3n) is 6.44. The van der Waals surface area contributed by atoms with Gasteiger partial charge in [0.2, 0.25) is 5.91 Å². The monoisotopic (exact) mass is 503 g/mol. The third-order valence-corrected chi connectivity index (χ3v) is 7.33. The highest BCUT2D eigenvalue weighted by Gasteiger charge is 2.42. The Labute approximate surface area is 215 Å². The first-order chi connectivity index (χ1) is 17.6. The van der Waals surface area contributed by atoms with Crippen molar-refractivity contribution in [3.63, 3.8) is 0 Å². The van der Waals surface area contributed by atoms with Crippen molar-refractivity contribution in [3.8, 4) is 0 Å². The maximum Gasteiger partial charge on any atom is 0.338 e. The number of esters is 1. The standard InChI is InChI=1S/C28H29N3O4S/c1-3-35-27(33)24-25(20-7-5-4-6-8-20)29-28-31(26(24)21-11-9-19(2)10-12-21)22(18-36-28)17-23(32)30-13-15-34-16-14-30/h4-12,18,26H,3,13-17H2,1-2H3. The average Bonchev–Trinajstić information content (AvgIpc) is 3.31. The smallest absolute Gasteiger partial charge is 0.338 e. The van der Waals surface area contributed by atoms with Crippen LogP contribution in [0.15, 0.2) is 76.3 Å². The second-order valence-corrected chi connectivity index (χ2v) is 9.66. The van der Waals surface area contributed by atoms with Gasteiger partial charge in [-0.05, 0) is 24.8 Å². The highest BCUT2D eigenvalue weighted by atomic mass is 32.2. The number of aryl methyl sites for hydroxylation is 1. The van der Waals surface area contributed by atoms with Crippen molar-refractivity contribution in [1.29, 1.82) is 0 Å². The Hall–Kier alpha value is -3.36. The SMILES string of the molecule is CCOC(=O)C1=C(c2ccccc2)N=C2SC=C(CC(=O)N3CCOCC3)N2C1c1ccc(C)cc1. The molecule has 1 saturated heterocycles. The van der Waals surface area contributed by atoms with Gasteiger partial charge in [-0.3, -0.25) is 4.79 Å². The molecule has 3 aliphatic rings. The van der Waals surface area contributed by atoms with E-state index >= 15 is 0 Å². The zero-order valence-electron chi connectivity index (χ0n) is 20.5. The molecular weight excluding hydrogens is 474 g/mol. The van der Waals surface area contributed by atoms with E-state index < -0.39 is 12.0 Å². The maximum atomic E-state index is 13.5. The molecule has 0 N–H and O–H groups in total. The number of benzene rings is 2. The van der Waals surface area contributed by atoms with Gasteiger partial charge in [-0.1, -0.05) is 71.9 Å². The number of morpholine rings is 1. The molecule has 2 aromatic rings. The molecule has 0 aromatic heterocycles. The van der Waals surface area contributed by atoms with Crippen LogP contribution in [-0.4, -0.2) is 59.8 Å². The number of amidine groups is 1. The molecular formula is C28H29N3O4S. The van der Waals surface area contributed by atoms with Crippen LogP contribution >= 0.6 is 11.8 Å². The Bertz CT molecular complexity index is 1230. The lowest BCUT2D eigenvalue weighted by Gasteiger charge is -2.37. The van der Waals surface area contributed by atoms with Crippen LogP contribution in [0.3, 0.4) is 0 Å². The molecule has 0 aliphatic carbocycles. The third kappa shape index (κ3) is 4.83. The van der Waals surface area contributed by atoms with Gasteiger partial charge in [-0.2, -0.15) is 0 Å². The van der Waals surface area contributed by atoms with E-state index in [1.54, 1.807) is 6.92 Å². The molecule has 8 heteroatoms. The molecule has 36 heavy (non-hydrogen) atoms. The zero-order valence-corrected chi connectivity index (χ0v) is 21.3. The second kappa shape index (κ2) is 10.7. The maximum absolute atomic E-state index is 13.5. The van der Waals surface area contributed by atoms with Crippen molar-refractivity contribution in [1.82, 2.24) is 9.80 Å². The number of thioether (sulfide) groups is 1. The van der Waals surface area contributed by atoms with Crippen LogP contribution in [0.5, 0.6) is 0 Å². The van der Waals surface area contributed by atoms with E-state index in [9.17, 15) is 9.59 Å². The Morgan fingerprint density at radius 2 is 1.81 bits per heavy atom. The fourth-order valence-electron chi connectivity index (χ4n) is 4.63. The molecule has 0 bridgehead atoms. The van der Waals surface area contributed by atoms with Gasteiger partial charge in [-0.25, -0.2) is 9.79 Å². The highest BCUT2D eigenvalue weighted by molar-refractivity contribution is 8.16. The minimum atomic E-state index is -0.467. The lowest BCUT2D eigenvalue weighted by Crippen LogP contribution is -2.42. The molecule has 7 nitrogen and oxygen atoms in total. The van der Waals surface area contributed by atoms with Gasteiger partial charge >= 0.3 is 5.97 Å². The first-order valence-corrected chi connectivity index (χ1v) is 13.1. The molecule has 1 fully saturated rings. The van der Waals surface area contributed by atoms with Gasteiger partial charge in [0.15, 0.2) is 5.17 Å². The van der Waals surface area contributed by atoms with Crippen LogP contribution < -0.4 is 0 Å². The number of carbonyl (C=O) groups is 2. The molecule has 186 valence electrons. The van der Waals surface area contributed by atoms with Crippen LogP contribution in [0.25, 0.3) is 5.70 Å². The van der Waals surface area contributed by atoms with Crippen molar-refractivity contribution in [2.24, 2.45) is 4.99 Å². The number of aliphatic imine (C=N–C) groups is 1. The number of amides is 1. The van der Waals surface area contributed by atoms with Gasteiger partial charge < -0.3 is 19.3 Å². The van der Waals surface area contributed by atoms with Gasteiger partial charge in [-0.15, -0.1) is 0 Å². The summed E-state index contributed by atoms with van der Waals surface area (Å²) < 4.78 is 11.0. The Morgan fingerprint density at radius 3 is 2.50 bits per heavy atom. The summed E-state index contributed by atoms with van der Waals surface area (Å²) in [6.45, 7) is 6.39. The molecule has 3 aliphatic heterocycles. The average molecular weight is 504 g/mol. The van der Waals surface area contributed by atoms with E-state index in [-0.39, 0.29) is 18.9 Å². The highest BCUT2D eigenvalue weighted by Crippen LogP contribution is 2.47. The fraction of sp³-hybridized carbons (Fsp3) is 0.321. The van der Waals surface area contributed by atoms with Gasteiger partial charge in [0.05, 0.1) is 43.6 Å². The molecule has 2 aromatic carbocycles. The normalized spacial score (nSPS) is 19.6. The summed E-state index contributed by atoms with van der Waals surface area (Å²) >= 11 is 1.48. The van der Waals surface area contributed by atoms with Gasteiger partial charge in [0.25, 0.3) is 0 Å². The summed E-state index contributed by atoms with van der Waals surface area (Å²) in [5.41, 5.74) is 4.83. The van der Waals surface area contributed by atoms with Gasteiger partial charge in [0, 0.05) is 24.4 Å². The summed E-state index contributed by atoms with van der Waals surface area (Å²) in [6.07, 6.45) is 0.227. The number of fused-ring (bicyclic) bond motifs is 1. The summed E-state index contributed by atoms with van der Waals surface area (Å²) in [7, 11) is 0. The molecule has 3 heterocycles. The van der Waals surface area contributed by atoms with E-state index in [4.69, 9.17) is 14.5 Å². The zero-order chi connectivity index (χ0) is 25.1. The predicted molar refractivity (Wildman–Crippen MR) is 141 cm³/mol. The fourth-order valence-corrected chi connectivity index (χ4v) is 5.55. The lowest BCUT2D eigenvalue weighted by molar-refractivity contribution is -0.139. The lowest BCUT2D eigenvalue weighted by atomic mass is 9.91. The largest absolute Gasteiger partial charge is 0.463 e. The van der Waals surface area contributed by atoms with Crippen molar-refractivity contribution in [3.05, 3.63) is 88.0 Å². The first kappa shape index (κ1) is 24.3. The van der Waals surface area contributed by atoms with E-state index in [1.165, 1.54) is 11.8 Å². The predicted octanol–water partition coefficient (Wildman–Crippen LogP) is 4.52. The Balaban J connectivity index is 1.60. The van der Waals surface area contributed by atoms with Crippen molar-refractivity contribution in [2.45, 2.75) is 26.3 Å². The molecule has 5 rings (SSSR count). The topological polar surface area (TPSA) is 71.4 Å². The number of hydrogen-bond donors (Lipinski definition) is 0. The molecule has 0 spiro atoms. The molecule has 0 radical (unpaired) electrons. The molecule has 1 atom stereocenters. The summed E-state index contributed by atoms with van der Waals surface area (Å²) in [5.74, 6) is -0.356. The van der Waals surface area contributed by atoms with Crippen LogP contribution in [-0.2, 0) is 19.1 Å². The minimum absolute atomic E-state index is 0.0459. The van der Waals surface area contributed by atoms with E-state index in [1.807, 2.05) is 76.7 Å². The number of rotatable bonds is 6. The van der Waals surface area contributed by atoms with E-state index in [2.05, 4.69) is 0 Å². The second-order valence-electron chi connectivity index (χ2n) is 8.82. The summed E-state index contributed by atoms with van der Waals surface area (Å²) in [6, 6.07) is 17.4. The number of ether oxygens (including phenoxy) is 2. The minimum Gasteiger partial charge on any atom is -0.463 e. The van der Waals surface area contributed by atoms with Crippen LogP contribution in [0.1, 0.15) is 36.1 Å². The number of carbonyl (C=O) groups excluding carboxylic acids is 2. The van der Waals surface area contributed by atoms with Crippen LogP contribution in [0, 0.1) is 6.92 Å². The van der Waals surface area contributed by atoms with Crippen LogP contribution in [0.2, 0.25) is 0 Å². The van der Waals surface area contributed by atoms with Crippen molar-refractivity contribution in [2.75, 3.05) is 32.9 Å². The number of nitrogens with zero attached hydrogens (tertiary/aromatic N) is 3. The van der Waals surface area contributed by atoms with Crippen molar-refractivity contribution >= 4 is 34.5 Å². The molecule has 1 amide bonds.